The molecular formula is C23H23F. The molecule has 0 aliphatic rings. The van der Waals surface area contributed by atoms with E-state index in [1.54, 1.807) is 0 Å². The van der Waals surface area contributed by atoms with E-state index in [1.165, 1.54) is 11.1 Å². The highest BCUT2D eigenvalue weighted by Gasteiger charge is 2.10. The van der Waals surface area contributed by atoms with Gasteiger partial charge in [0.05, 0.1) is 0 Å². The van der Waals surface area contributed by atoms with Gasteiger partial charge in [-0.05, 0) is 41.3 Å². The highest BCUT2D eigenvalue weighted by Crippen LogP contribution is 2.30. The van der Waals surface area contributed by atoms with Crippen LogP contribution in [0.25, 0.3) is 21.9 Å². The summed E-state index contributed by atoms with van der Waals surface area (Å²) in [5.74, 6) is -0.130. The summed E-state index contributed by atoms with van der Waals surface area (Å²) in [4.78, 5) is 0. The Labute approximate surface area is 143 Å². The zero-order chi connectivity index (χ0) is 16.9. The van der Waals surface area contributed by atoms with Gasteiger partial charge in [0.1, 0.15) is 5.82 Å². The summed E-state index contributed by atoms with van der Waals surface area (Å²) in [6.45, 7) is 5.91. The summed E-state index contributed by atoms with van der Waals surface area (Å²) in [6.07, 6.45) is 5.99. The summed E-state index contributed by atoms with van der Waals surface area (Å²) in [7, 11) is 0. The minimum Gasteiger partial charge on any atom is -0.206 e. The summed E-state index contributed by atoms with van der Waals surface area (Å²) in [5, 5.41) is 1.67. The third-order valence-corrected chi connectivity index (χ3v) is 4.46. The first kappa shape index (κ1) is 16.4. The van der Waals surface area contributed by atoms with Gasteiger partial charge in [0.15, 0.2) is 0 Å². The van der Waals surface area contributed by atoms with Crippen LogP contribution in [-0.4, -0.2) is 0 Å². The Morgan fingerprint density at radius 2 is 1.67 bits per heavy atom. The van der Waals surface area contributed by atoms with Crippen LogP contribution >= 0.6 is 0 Å². The number of hydrogen-bond donors (Lipinski definition) is 0. The van der Waals surface area contributed by atoms with Crippen molar-refractivity contribution < 1.29 is 4.39 Å². The van der Waals surface area contributed by atoms with Crippen molar-refractivity contribution in [2.45, 2.75) is 32.6 Å². The van der Waals surface area contributed by atoms with Gasteiger partial charge in [0.25, 0.3) is 0 Å². The second-order valence-electron chi connectivity index (χ2n) is 6.26. The molecular weight excluding hydrogens is 295 g/mol. The van der Waals surface area contributed by atoms with E-state index < -0.39 is 0 Å². The highest BCUT2D eigenvalue weighted by atomic mass is 19.1. The number of allylic oxidation sites excluding steroid dienone is 1. The van der Waals surface area contributed by atoms with Crippen LogP contribution < -0.4 is 0 Å². The monoisotopic (exact) mass is 318 g/mol. The normalized spacial score (nSPS) is 10.9. The van der Waals surface area contributed by atoms with Crippen LogP contribution in [0.2, 0.25) is 0 Å². The van der Waals surface area contributed by atoms with Crippen molar-refractivity contribution in [1.29, 1.82) is 0 Å². The number of benzene rings is 3. The van der Waals surface area contributed by atoms with Crippen LogP contribution in [0.3, 0.4) is 0 Å². The summed E-state index contributed by atoms with van der Waals surface area (Å²) >= 11 is 0. The fourth-order valence-electron chi connectivity index (χ4n) is 3.13. The van der Waals surface area contributed by atoms with Crippen LogP contribution in [0.4, 0.5) is 4.39 Å². The van der Waals surface area contributed by atoms with Crippen LogP contribution in [0, 0.1) is 5.82 Å². The lowest BCUT2D eigenvalue weighted by Gasteiger charge is -2.09. The van der Waals surface area contributed by atoms with Gasteiger partial charge in [-0.1, -0.05) is 74.0 Å². The molecule has 0 unspecified atom stereocenters. The molecule has 0 bridgehead atoms. The molecule has 0 saturated heterocycles. The Hall–Kier alpha value is -2.41. The van der Waals surface area contributed by atoms with Crippen LogP contribution in [0.15, 0.2) is 67.3 Å². The van der Waals surface area contributed by atoms with E-state index in [0.29, 0.717) is 10.9 Å². The van der Waals surface area contributed by atoms with Crippen molar-refractivity contribution in [3.8, 4) is 11.1 Å². The quantitative estimate of drug-likeness (QED) is 0.443. The standard InChI is InChI=1S/C23H23F/c1-3-5-7-17-8-11-19(12-9-17)21-15-13-20-16-18(6-4-2)10-14-22(20)23(21)24/h3,8-16H,1,4-7H2,2H3. The Balaban J connectivity index is 1.96. The van der Waals surface area contributed by atoms with Gasteiger partial charge in [-0.2, -0.15) is 0 Å². The molecule has 0 nitrogen and oxygen atoms in total. The molecule has 0 radical (unpaired) electrons. The molecule has 3 aromatic rings. The molecule has 24 heavy (non-hydrogen) atoms. The summed E-state index contributed by atoms with van der Waals surface area (Å²) < 4.78 is 15.0. The van der Waals surface area contributed by atoms with Crippen LogP contribution in [-0.2, 0) is 12.8 Å². The molecule has 1 heteroatoms. The van der Waals surface area contributed by atoms with Crippen molar-refractivity contribution in [1.82, 2.24) is 0 Å². The first-order valence-corrected chi connectivity index (χ1v) is 8.64. The maximum Gasteiger partial charge on any atom is 0.138 e. The molecule has 0 aliphatic heterocycles. The number of rotatable bonds is 6. The fourth-order valence-corrected chi connectivity index (χ4v) is 3.13. The number of fused-ring (bicyclic) bond motifs is 1. The average Bonchev–Trinajstić information content (AvgIpc) is 2.61. The smallest absolute Gasteiger partial charge is 0.138 e. The van der Waals surface area contributed by atoms with Crippen LogP contribution in [0.5, 0.6) is 0 Å². The molecule has 0 saturated carbocycles. The molecule has 0 atom stereocenters. The SMILES string of the molecule is C=CCCc1ccc(-c2ccc3cc(CCC)ccc3c2F)cc1. The van der Waals surface area contributed by atoms with Gasteiger partial charge >= 0.3 is 0 Å². The largest absolute Gasteiger partial charge is 0.206 e. The van der Waals surface area contributed by atoms with Gasteiger partial charge in [-0.15, -0.1) is 6.58 Å². The van der Waals surface area contributed by atoms with Crippen molar-refractivity contribution in [3.05, 3.63) is 84.2 Å². The first-order chi connectivity index (χ1) is 11.7. The van der Waals surface area contributed by atoms with E-state index in [0.717, 1.165) is 36.6 Å². The minimum absolute atomic E-state index is 0.130. The molecule has 0 amide bonds. The third-order valence-electron chi connectivity index (χ3n) is 4.46. The maximum absolute atomic E-state index is 15.0. The van der Waals surface area contributed by atoms with Crippen molar-refractivity contribution in [2.24, 2.45) is 0 Å². The second kappa shape index (κ2) is 7.44. The molecule has 0 N–H and O–H groups in total. The van der Waals surface area contributed by atoms with Crippen molar-refractivity contribution in [2.75, 3.05) is 0 Å². The predicted octanol–water partition coefficient (Wildman–Crippen LogP) is 6.72. The molecule has 3 rings (SSSR count). The lowest BCUT2D eigenvalue weighted by molar-refractivity contribution is 0.643. The Morgan fingerprint density at radius 1 is 0.917 bits per heavy atom. The second-order valence-corrected chi connectivity index (χ2v) is 6.26. The molecule has 0 heterocycles. The highest BCUT2D eigenvalue weighted by molar-refractivity contribution is 5.88. The van der Waals surface area contributed by atoms with Gasteiger partial charge in [-0.25, -0.2) is 4.39 Å². The first-order valence-electron chi connectivity index (χ1n) is 8.64. The van der Waals surface area contributed by atoms with Gasteiger partial charge < -0.3 is 0 Å². The lowest BCUT2D eigenvalue weighted by Crippen LogP contribution is -1.90. The zero-order valence-corrected chi connectivity index (χ0v) is 14.2. The third kappa shape index (κ3) is 3.41. The van der Waals surface area contributed by atoms with Gasteiger partial charge in [0.2, 0.25) is 0 Å². The molecule has 0 aliphatic carbocycles. The molecule has 0 aromatic heterocycles. The molecule has 0 fully saturated rings. The van der Waals surface area contributed by atoms with Crippen molar-refractivity contribution >= 4 is 10.8 Å². The summed E-state index contributed by atoms with van der Waals surface area (Å²) in [6, 6.07) is 18.1. The predicted molar refractivity (Wildman–Crippen MR) is 102 cm³/mol. The van der Waals surface area contributed by atoms with E-state index in [-0.39, 0.29) is 5.82 Å². The van der Waals surface area contributed by atoms with E-state index in [9.17, 15) is 4.39 Å². The lowest BCUT2D eigenvalue weighted by atomic mass is 9.97. The van der Waals surface area contributed by atoms with Crippen LogP contribution in [0.1, 0.15) is 30.9 Å². The van der Waals surface area contributed by atoms with E-state index >= 15 is 0 Å². The molecule has 0 spiro atoms. The molecule has 3 aromatic carbocycles. The minimum atomic E-state index is -0.130. The van der Waals surface area contributed by atoms with E-state index in [1.807, 2.05) is 42.5 Å². The Morgan fingerprint density at radius 3 is 2.38 bits per heavy atom. The number of hydrogen-bond acceptors (Lipinski definition) is 0. The van der Waals surface area contributed by atoms with E-state index in [2.05, 4.69) is 31.7 Å². The Kier molecular flexibility index (Phi) is 5.10. The molecule has 122 valence electrons. The fraction of sp³-hybridized carbons (Fsp3) is 0.217. The summed E-state index contributed by atoms with van der Waals surface area (Å²) in [5.41, 5.74) is 4.11. The topological polar surface area (TPSA) is 0 Å². The van der Waals surface area contributed by atoms with Crippen molar-refractivity contribution in [3.63, 3.8) is 0 Å². The van der Waals surface area contributed by atoms with Gasteiger partial charge in [0, 0.05) is 10.9 Å². The number of aryl methyl sites for hydroxylation is 2. The Bertz CT molecular complexity index is 844. The van der Waals surface area contributed by atoms with E-state index in [4.69, 9.17) is 0 Å². The zero-order valence-electron chi connectivity index (χ0n) is 14.2. The average molecular weight is 318 g/mol. The number of halogens is 1. The van der Waals surface area contributed by atoms with Gasteiger partial charge in [-0.3, -0.25) is 0 Å². The maximum atomic E-state index is 15.0.